The Bertz CT molecular complexity index is 535. The number of aryl methyl sites for hydroxylation is 2. The molecule has 0 radical (unpaired) electrons. The number of rotatable bonds is 2. The Kier molecular flexibility index (Phi) is 3.00. The third kappa shape index (κ3) is 2.23. The van der Waals surface area contributed by atoms with Gasteiger partial charge in [0.15, 0.2) is 0 Å². The van der Waals surface area contributed by atoms with Crippen molar-refractivity contribution in [3.05, 3.63) is 47.4 Å². The summed E-state index contributed by atoms with van der Waals surface area (Å²) in [7, 11) is 1.37. The van der Waals surface area contributed by atoms with Gasteiger partial charge >= 0.3 is 5.97 Å². The molecule has 0 saturated carbocycles. The first-order chi connectivity index (χ1) is 8.11. The molecule has 0 saturated heterocycles. The summed E-state index contributed by atoms with van der Waals surface area (Å²) < 4.78 is 10.1. The van der Waals surface area contributed by atoms with E-state index in [1.54, 1.807) is 12.1 Å². The molecule has 0 N–H and O–H groups in total. The van der Waals surface area contributed by atoms with E-state index >= 15 is 0 Å². The first-order valence-electron chi connectivity index (χ1n) is 5.37. The fourth-order valence-corrected chi connectivity index (χ4v) is 1.82. The van der Waals surface area contributed by atoms with Crippen molar-refractivity contribution >= 4 is 5.97 Å². The molecule has 0 bridgehead atoms. The van der Waals surface area contributed by atoms with Crippen molar-refractivity contribution < 1.29 is 13.9 Å². The van der Waals surface area contributed by atoms with Crippen molar-refractivity contribution in [1.29, 1.82) is 0 Å². The van der Waals surface area contributed by atoms with Crippen LogP contribution < -0.4 is 0 Å². The van der Waals surface area contributed by atoms with Crippen LogP contribution in [-0.2, 0) is 4.74 Å². The molecule has 1 heterocycles. The maximum atomic E-state index is 11.3. The average molecular weight is 230 g/mol. The molecule has 0 aliphatic carbocycles. The maximum absolute atomic E-state index is 11.3. The molecule has 0 aliphatic heterocycles. The lowest BCUT2D eigenvalue weighted by molar-refractivity contribution is 0.0601. The molecule has 1 aromatic carbocycles. The van der Waals surface area contributed by atoms with Crippen LogP contribution in [0.3, 0.4) is 0 Å². The van der Waals surface area contributed by atoms with Crippen LogP contribution >= 0.6 is 0 Å². The highest BCUT2D eigenvalue weighted by Crippen LogP contribution is 2.26. The highest BCUT2D eigenvalue weighted by Gasteiger charge is 2.09. The van der Waals surface area contributed by atoms with Crippen LogP contribution in [0.2, 0.25) is 0 Å². The molecule has 0 amide bonds. The van der Waals surface area contributed by atoms with Crippen LogP contribution in [0.5, 0.6) is 0 Å². The van der Waals surface area contributed by atoms with Crippen molar-refractivity contribution in [3.8, 4) is 11.1 Å². The number of carbonyl (C=O) groups excluding carboxylic acids is 1. The zero-order valence-corrected chi connectivity index (χ0v) is 10.1. The zero-order valence-electron chi connectivity index (χ0n) is 10.1. The molecule has 0 fully saturated rings. The van der Waals surface area contributed by atoms with Gasteiger partial charge in [-0.2, -0.15) is 0 Å². The van der Waals surface area contributed by atoms with Crippen LogP contribution in [-0.4, -0.2) is 13.1 Å². The van der Waals surface area contributed by atoms with Crippen molar-refractivity contribution in [2.24, 2.45) is 0 Å². The van der Waals surface area contributed by atoms with Gasteiger partial charge < -0.3 is 9.15 Å². The number of methoxy groups -OCH3 is 1. The summed E-state index contributed by atoms with van der Waals surface area (Å²) in [4.78, 5) is 11.3. The van der Waals surface area contributed by atoms with E-state index in [-0.39, 0.29) is 5.97 Å². The van der Waals surface area contributed by atoms with E-state index in [2.05, 4.69) is 4.74 Å². The van der Waals surface area contributed by atoms with Crippen LogP contribution in [0.15, 0.2) is 34.7 Å². The molecule has 3 heteroatoms. The summed E-state index contributed by atoms with van der Waals surface area (Å²) >= 11 is 0. The van der Waals surface area contributed by atoms with Gasteiger partial charge in [-0.1, -0.05) is 12.1 Å². The molecule has 0 unspecified atom stereocenters. The lowest BCUT2D eigenvalue weighted by Gasteiger charge is -2.01. The van der Waals surface area contributed by atoms with Gasteiger partial charge in [0.2, 0.25) is 0 Å². The Labute approximate surface area is 100 Å². The van der Waals surface area contributed by atoms with E-state index in [1.807, 2.05) is 32.0 Å². The fraction of sp³-hybridized carbons (Fsp3) is 0.214. The standard InChI is InChI=1S/C14H14O3/c1-9-8-13(10(2)17-9)11-4-6-12(7-5-11)14(15)16-3/h4-8H,1-3H3. The summed E-state index contributed by atoms with van der Waals surface area (Å²) in [6, 6.07) is 9.28. The fourth-order valence-electron chi connectivity index (χ4n) is 1.82. The molecule has 2 aromatic rings. The number of furan rings is 1. The number of ether oxygens (including phenoxy) is 1. The summed E-state index contributed by atoms with van der Waals surface area (Å²) in [5, 5.41) is 0. The second-order valence-corrected chi connectivity index (χ2v) is 3.90. The predicted molar refractivity (Wildman–Crippen MR) is 65.0 cm³/mol. The van der Waals surface area contributed by atoms with Crippen LogP contribution in [0.1, 0.15) is 21.9 Å². The van der Waals surface area contributed by atoms with E-state index in [1.165, 1.54) is 7.11 Å². The summed E-state index contributed by atoms with van der Waals surface area (Å²) in [6.45, 7) is 3.84. The Morgan fingerprint density at radius 1 is 1.18 bits per heavy atom. The smallest absolute Gasteiger partial charge is 0.337 e. The summed E-state index contributed by atoms with van der Waals surface area (Å²) in [6.07, 6.45) is 0. The van der Waals surface area contributed by atoms with Gasteiger partial charge in [0.1, 0.15) is 11.5 Å². The second-order valence-electron chi connectivity index (χ2n) is 3.90. The van der Waals surface area contributed by atoms with Crippen LogP contribution in [0.25, 0.3) is 11.1 Å². The molecule has 0 spiro atoms. The molecule has 0 aliphatic rings. The van der Waals surface area contributed by atoms with Gasteiger partial charge in [-0.05, 0) is 37.6 Å². The molecule has 0 atom stereocenters. The minimum Gasteiger partial charge on any atom is -0.466 e. The number of hydrogen-bond donors (Lipinski definition) is 0. The second kappa shape index (κ2) is 4.45. The zero-order chi connectivity index (χ0) is 12.4. The lowest BCUT2D eigenvalue weighted by atomic mass is 10.0. The van der Waals surface area contributed by atoms with E-state index in [4.69, 9.17) is 4.42 Å². The molecule has 1 aromatic heterocycles. The Morgan fingerprint density at radius 3 is 2.29 bits per heavy atom. The molecule has 3 nitrogen and oxygen atoms in total. The van der Waals surface area contributed by atoms with Gasteiger partial charge in [-0.3, -0.25) is 0 Å². The Morgan fingerprint density at radius 2 is 1.82 bits per heavy atom. The molecule has 2 rings (SSSR count). The van der Waals surface area contributed by atoms with Gasteiger partial charge in [-0.15, -0.1) is 0 Å². The molecule has 88 valence electrons. The van der Waals surface area contributed by atoms with E-state index < -0.39 is 0 Å². The first-order valence-corrected chi connectivity index (χ1v) is 5.37. The quantitative estimate of drug-likeness (QED) is 0.743. The largest absolute Gasteiger partial charge is 0.466 e. The topological polar surface area (TPSA) is 39.4 Å². The number of esters is 1. The van der Waals surface area contributed by atoms with Gasteiger partial charge in [0.05, 0.1) is 12.7 Å². The highest BCUT2D eigenvalue weighted by atomic mass is 16.5. The van der Waals surface area contributed by atoms with E-state index in [9.17, 15) is 4.79 Å². The Hall–Kier alpha value is -2.03. The van der Waals surface area contributed by atoms with E-state index in [0.29, 0.717) is 5.56 Å². The molecular formula is C14H14O3. The average Bonchev–Trinajstić information content (AvgIpc) is 2.68. The Balaban J connectivity index is 2.35. The monoisotopic (exact) mass is 230 g/mol. The van der Waals surface area contributed by atoms with E-state index in [0.717, 1.165) is 22.6 Å². The number of carbonyl (C=O) groups is 1. The number of benzene rings is 1. The van der Waals surface area contributed by atoms with Crippen molar-refractivity contribution in [2.75, 3.05) is 7.11 Å². The van der Waals surface area contributed by atoms with Gasteiger partial charge in [0.25, 0.3) is 0 Å². The minimum atomic E-state index is -0.323. The summed E-state index contributed by atoms with van der Waals surface area (Å²) in [5.41, 5.74) is 2.64. The van der Waals surface area contributed by atoms with Crippen molar-refractivity contribution in [2.45, 2.75) is 13.8 Å². The minimum absolute atomic E-state index is 0.323. The third-order valence-corrected chi connectivity index (χ3v) is 2.66. The number of hydrogen-bond acceptors (Lipinski definition) is 3. The maximum Gasteiger partial charge on any atom is 0.337 e. The third-order valence-electron chi connectivity index (χ3n) is 2.66. The van der Waals surface area contributed by atoms with Crippen LogP contribution in [0.4, 0.5) is 0 Å². The predicted octanol–water partition coefficient (Wildman–Crippen LogP) is 3.35. The SMILES string of the molecule is COC(=O)c1ccc(-c2cc(C)oc2C)cc1. The van der Waals surface area contributed by atoms with Gasteiger partial charge in [0, 0.05) is 5.56 Å². The molecular weight excluding hydrogens is 216 g/mol. The van der Waals surface area contributed by atoms with Crippen molar-refractivity contribution in [1.82, 2.24) is 0 Å². The highest BCUT2D eigenvalue weighted by molar-refractivity contribution is 5.90. The van der Waals surface area contributed by atoms with Crippen LogP contribution in [0, 0.1) is 13.8 Å². The molecule has 17 heavy (non-hydrogen) atoms. The lowest BCUT2D eigenvalue weighted by Crippen LogP contribution is -2.00. The van der Waals surface area contributed by atoms with Crippen molar-refractivity contribution in [3.63, 3.8) is 0 Å². The normalized spacial score (nSPS) is 10.3. The first kappa shape index (κ1) is 11.5. The van der Waals surface area contributed by atoms with Gasteiger partial charge in [-0.25, -0.2) is 4.79 Å². The summed E-state index contributed by atoms with van der Waals surface area (Å²) in [5.74, 6) is 1.44.